The van der Waals surface area contributed by atoms with Crippen molar-refractivity contribution in [3.8, 4) is 11.5 Å². The minimum absolute atomic E-state index is 0.104. The Morgan fingerprint density at radius 3 is 2.37 bits per heavy atom. The molecule has 1 aliphatic heterocycles. The highest BCUT2D eigenvalue weighted by Gasteiger charge is 2.49. The number of benzene rings is 2. The molecule has 0 aliphatic carbocycles. The number of hydrogen-bond acceptors (Lipinski definition) is 9. The molecule has 1 aromatic heterocycles. The van der Waals surface area contributed by atoms with Crippen LogP contribution in [0.4, 0.5) is 5.13 Å². The van der Waals surface area contributed by atoms with Crippen LogP contribution in [0.2, 0.25) is 0 Å². The van der Waals surface area contributed by atoms with Gasteiger partial charge in [0.25, 0.3) is 5.78 Å². The second kappa shape index (κ2) is 9.59. The molecule has 0 bridgehead atoms. The van der Waals surface area contributed by atoms with Crippen molar-refractivity contribution in [2.45, 2.75) is 13.0 Å². The molecule has 4 rings (SSSR count). The molecular formula is C25H22N2O7S. The van der Waals surface area contributed by atoms with Crippen LogP contribution in [-0.4, -0.2) is 49.1 Å². The van der Waals surface area contributed by atoms with Crippen LogP contribution in [0.15, 0.2) is 54.1 Å². The van der Waals surface area contributed by atoms with Crippen LogP contribution in [0.3, 0.4) is 0 Å². The van der Waals surface area contributed by atoms with Gasteiger partial charge in [-0.3, -0.25) is 14.5 Å². The third kappa shape index (κ3) is 4.01. The number of Topliss-reactive ketones (excluding diaryl/α,β-unsaturated/α-hetero) is 1. The number of amides is 1. The number of methoxy groups -OCH3 is 3. The second-order valence-corrected chi connectivity index (χ2v) is 8.50. The predicted octanol–water partition coefficient (Wildman–Crippen LogP) is 3.88. The van der Waals surface area contributed by atoms with Gasteiger partial charge in [-0.1, -0.05) is 53.8 Å². The smallest absolute Gasteiger partial charge is 0.350 e. The number of aliphatic hydroxyl groups excluding tert-OH is 1. The van der Waals surface area contributed by atoms with E-state index in [2.05, 4.69) is 4.98 Å². The summed E-state index contributed by atoms with van der Waals surface area (Å²) in [7, 11) is 4.15. The lowest BCUT2D eigenvalue weighted by Crippen LogP contribution is -2.29. The maximum Gasteiger partial charge on any atom is 0.350 e. The number of aryl methyl sites for hydroxylation is 1. The lowest BCUT2D eigenvalue weighted by molar-refractivity contribution is -0.132. The maximum atomic E-state index is 13.4. The summed E-state index contributed by atoms with van der Waals surface area (Å²) in [5.74, 6) is -2.09. The molecule has 1 amide bonds. The Labute approximate surface area is 205 Å². The Morgan fingerprint density at radius 1 is 1.03 bits per heavy atom. The van der Waals surface area contributed by atoms with Crippen molar-refractivity contribution in [2.75, 3.05) is 26.2 Å². The highest BCUT2D eigenvalue weighted by molar-refractivity contribution is 7.17. The first-order valence-electron chi connectivity index (χ1n) is 10.5. The zero-order valence-corrected chi connectivity index (χ0v) is 20.2. The fourth-order valence-electron chi connectivity index (χ4n) is 3.97. The Hall–Kier alpha value is -4.18. The number of thiazole rings is 1. The Bertz CT molecular complexity index is 1350. The summed E-state index contributed by atoms with van der Waals surface area (Å²) >= 11 is 0.918. The molecule has 1 unspecified atom stereocenters. The molecule has 1 atom stereocenters. The SMILES string of the molecule is COC(=O)c1sc(N2C(=O)C(=O)/C(=C(\O)c3ccccc3)C2c2cccc(OC)c2OC)nc1C. The van der Waals surface area contributed by atoms with Crippen LogP contribution < -0.4 is 14.4 Å². The quantitative estimate of drug-likeness (QED) is 0.238. The van der Waals surface area contributed by atoms with Gasteiger partial charge in [-0.25, -0.2) is 9.78 Å². The molecule has 1 saturated heterocycles. The van der Waals surface area contributed by atoms with Crippen molar-refractivity contribution < 1.29 is 33.7 Å². The lowest BCUT2D eigenvalue weighted by Gasteiger charge is -2.25. The summed E-state index contributed by atoms with van der Waals surface area (Å²) in [6.45, 7) is 1.61. The largest absolute Gasteiger partial charge is 0.507 e. The van der Waals surface area contributed by atoms with Crippen LogP contribution >= 0.6 is 11.3 Å². The Balaban J connectivity index is 2.01. The molecule has 35 heavy (non-hydrogen) atoms. The van der Waals surface area contributed by atoms with Crippen molar-refractivity contribution >= 4 is 39.9 Å². The number of nitrogens with zero attached hydrogens (tertiary/aromatic N) is 2. The molecule has 3 aromatic rings. The first kappa shape index (κ1) is 24.0. The number of ether oxygens (including phenoxy) is 3. The third-order valence-electron chi connectivity index (χ3n) is 5.58. The number of carbonyl (C=O) groups is 3. The highest BCUT2D eigenvalue weighted by atomic mass is 32.1. The molecular weight excluding hydrogens is 472 g/mol. The number of ketones is 1. The van der Waals surface area contributed by atoms with E-state index in [1.54, 1.807) is 55.5 Å². The van der Waals surface area contributed by atoms with Crippen molar-refractivity contribution in [3.05, 3.63) is 75.8 Å². The lowest BCUT2D eigenvalue weighted by atomic mass is 9.94. The van der Waals surface area contributed by atoms with Gasteiger partial charge in [-0.05, 0) is 13.0 Å². The average molecular weight is 495 g/mol. The van der Waals surface area contributed by atoms with E-state index in [1.807, 2.05) is 0 Å². The van der Waals surface area contributed by atoms with E-state index in [0.717, 1.165) is 16.2 Å². The summed E-state index contributed by atoms with van der Waals surface area (Å²) in [5, 5.41) is 11.3. The van der Waals surface area contributed by atoms with Gasteiger partial charge in [-0.2, -0.15) is 0 Å². The van der Waals surface area contributed by atoms with E-state index in [0.29, 0.717) is 22.6 Å². The summed E-state index contributed by atoms with van der Waals surface area (Å²) in [5.41, 5.74) is 0.970. The molecule has 0 saturated carbocycles. The minimum Gasteiger partial charge on any atom is -0.507 e. The topological polar surface area (TPSA) is 115 Å². The number of esters is 1. The molecule has 0 radical (unpaired) electrons. The second-order valence-electron chi connectivity index (χ2n) is 7.52. The molecule has 180 valence electrons. The average Bonchev–Trinajstić information content (AvgIpc) is 3.39. The van der Waals surface area contributed by atoms with Crippen molar-refractivity contribution in [2.24, 2.45) is 0 Å². The third-order valence-corrected chi connectivity index (χ3v) is 6.72. The van der Waals surface area contributed by atoms with Crippen LogP contribution in [-0.2, 0) is 14.3 Å². The van der Waals surface area contributed by atoms with Gasteiger partial charge in [0.2, 0.25) is 0 Å². The van der Waals surface area contributed by atoms with E-state index >= 15 is 0 Å². The van der Waals surface area contributed by atoms with Crippen LogP contribution in [0.5, 0.6) is 11.5 Å². The van der Waals surface area contributed by atoms with E-state index < -0.39 is 23.7 Å². The van der Waals surface area contributed by atoms with Gasteiger partial charge < -0.3 is 19.3 Å². The van der Waals surface area contributed by atoms with Gasteiger partial charge in [0.15, 0.2) is 16.6 Å². The maximum absolute atomic E-state index is 13.4. The fourth-order valence-corrected chi connectivity index (χ4v) is 4.98. The summed E-state index contributed by atoms with van der Waals surface area (Å²) in [6.07, 6.45) is 0. The summed E-state index contributed by atoms with van der Waals surface area (Å²) < 4.78 is 15.8. The standard InChI is InChI=1S/C25H22N2O7S/c1-13-22(24(31)34-4)35-25(26-13)27-18(15-11-8-12-16(32-2)21(15)33-3)17(20(29)23(27)30)19(28)14-9-6-5-7-10-14/h5-12,18,28H,1-4H3/b19-17-. The van der Waals surface area contributed by atoms with E-state index in [-0.39, 0.29) is 27.1 Å². The van der Waals surface area contributed by atoms with Gasteiger partial charge in [0.05, 0.1) is 32.6 Å². The molecule has 9 nitrogen and oxygen atoms in total. The molecule has 2 heterocycles. The zero-order chi connectivity index (χ0) is 25.3. The summed E-state index contributed by atoms with van der Waals surface area (Å²) in [6, 6.07) is 12.4. The zero-order valence-electron chi connectivity index (χ0n) is 19.4. The molecule has 1 aliphatic rings. The fraction of sp³-hybridized carbons (Fsp3) is 0.200. The number of anilines is 1. The molecule has 1 fully saturated rings. The normalized spacial score (nSPS) is 16.9. The highest BCUT2D eigenvalue weighted by Crippen LogP contribution is 2.48. The van der Waals surface area contributed by atoms with Crippen molar-refractivity contribution in [1.82, 2.24) is 4.98 Å². The number of para-hydroxylation sites is 1. The van der Waals surface area contributed by atoms with Gasteiger partial charge in [0, 0.05) is 11.1 Å². The first-order valence-corrected chi connectivity index (χ1v) is 11.3. The number of hydrogen-bond donors (Lipinski definition) is 1. The van der Waals surface area contributed by atoms with E-state index in [1.165, 1.54) is 21.3 Å². The number of rotatable bonds is 6. The molecule has 2 aromatic carbocycles. The predicted molar refractivity (Wildman–Crippen MR) is 129 cm³/mol. The number of aliphatic hydroxyl groups is 1. The van der Waals surface area contributed by atoms with Crippen LogP contribution in [0.25, 0.3) is 5.76 Å². The molecule has 10 heteroatoms. The number of carbonyl (C=O) groups excluding carboxylic acids is 3. The molecule has 0 spiro atoms. The monoisotopic (exact) mass is 494 g/mol. The van der Waals surface area contributed by atoms with E-state index in [4.69, 9.17) is 14.2 Å². The van der Waals surface area contributed by atoms with E-state index in [9.17, 15) is 19.5 Å². The summed E-state index contributed by atoms with van der Waals surface area (Å²) in [4.78, 5) is 44.6. The van der Waals surface area contributed by atoms with Crippen molar-refractivity contribution in [3.63, 3.8) is 0 Å². The Morgan fingerprint density at radius 2 is 1.74 bits per heavy atom. The minimum atomic E-state index is -1.10. The first-order chi connectivity index (χ1) is 16.8. The molecule has 1 N–H and O–H groups in total. The van der Waals surface area contributed by atoms with Gasteiger partial charge in [-0.15, -0.1) is 0 Å². The van der Waals surface area contributed by atoms with Crippen LogP contribution in [0, 0.1) is 6.92 Å². The van der Waals surface area contributed by atoms with Crippen LogP contribution in [0.1, 0.15) is 32.5 Å². The number of aromatic nitrogens is 1. The van der Waals surface area contributed by atoms with Gasteiger partial charge >= 0.3 is 11.9 Å². The van der Waals surface area contributed by atoms with Crippen molar-refractivity contribution in [1.29, 1.82) is 0 Å². The Kier molecular flexibility index (Phi) is 6.57. The van der Waals surface area contributed by atoms with Gasteiger partial charge in [0.1, 0.15) is 16.7 Å².